The first kappa shape index (κ1) is 18.2. The van der Waals surface area contributed by atoms with Crippen molar-refractivity contribution in [3.8, 4) is 5.75 Å². The zero-order valence-electron chi connectivity index (χ0n) is 14.8. The van der Waals surface area contributed by atoms with Crippen LogP contribution in [0.2, 0.25) is 0 Å². The fourth-order valence-corrected chi connectivity index (χ4v) is 2.90. The van der Waals surface area contributed by atoms with Gasteiger partial charge in [0.2, 0.25) is 5.89 Å². The van der Waals surface area contributed by atoms with Gasteiger partial charge in [-0.25, -0.2) is 9.18 Å². The topological polar surface area (TPSA) is 80.5 Å². The minimum Gasteiger partial charge on any atom is -0.493 e. The van der Waals surface area contributed by atoms with E-state index in [4.69, 9.17) is 9.26 Å². The lowest BCUT2D eigenvalue weighted by atomic mass is 10.2. The number of aromatic nitrogens is 2. The molecule has 0 spiro atoms. The Labute approximate surface area is 151 Å². The number of rotatable bonds is 7. The summed E-state index contributed by atoms with van der Waals surface area (Å²) >= 11 is 0. The van der Waals surface area contributed by atoms with E-state index in [-0.39, 0.29) is 17.9 Å². The van der Waals surface area contributed by atoms with E-state index >= 15 is 0 Å². The van der Waals surface area contributed by atoms with E-state index in [0.29, 0.717) is 43.6 Å². The first-order valence-electron chi connectivity index (χ1n) is 8.92. The first-order valence-corrected chi connectivity index (χ1v) is 8.92. The molecule has 1 aliphatic rings. The third-order valence-corrected chi connectivity index (χ3v) is 4.22. The standard InChI is InChI=1S/C18H23FN4O3/c1-2-10-20-18(24)23-11-3-4-15(23)17-21-16(22-26-17)9-12-25-14-7-5-13(19)6-8-14/h5-8,15H,2-4,9-12H2,1H3,(H,20,24). The highest BCUT2D eigenvalue weighted by Crippen LogP contribution is 2.30. The number of carbonyl (C=O) groups is 1. The van der Waals surface area contributed by atoms with E-state index in [1.807, 2.05) is 6.92 Å². The Hall–Kier alpha value is -2.64. The number of likely N-dealkylation sites (tertiary alicyclic amines) is 1. The molecule has 140 valence electrons. The van der Waals surface area contributed by atoms with E-state index in [0.717, 1.165) is 19.3 Å². The summed E-state index contributed by atoms with van der Waals surface area (Å²) in [6.45, 7) is 3.71. The first-order chi connectivity index (χ1) is 12.7. The minimum absolute atomic E-state index is 0.0891. The van der Waals surface area contributed by atoms with Crippen LogP contribution in [0.15, 0.2) is 28.8 Å². The Morgan fingerprint density at radius 3 is 3.00 bits per heavy atom. The Balaban J connectivity index is 1.53. The van der Waals surface area contributed by atoms with Gasteiger partial charge in [0, 0.05) is 19.5 Å². The van der Waals surface area contributed by atoms with Crippen molar-refractivity contribution in [3.05, 3.63) is 41.8 Å². The van der Waals surface area contributed by atoms with Gasteiger partial charge >= 0.3 is 6.03 Å². The van der Waals surface area contributed by atoms with Gasteiger partial charge in [0.15, 0.2) is 5.82 Å². The van der Waals surface area contributed by atoms with Crippen molar-refractivity contribution in [2.24, 2.45) is 0 Å². The molecule has 2 heterocycles. The summed E-state index contributed by atoms with van der Waals surface area (Å²) in [7, 11) is 0. The van der Waals surface area contributed by atoms with E-state index in [9.17, 15) is 9.18 Å². The highest BCUT2D eigenvalue weighted by atomic mass is 19.1. The maximum Gasteiger partial charge on any atom is 0.318 e. The molecule has 2 aromatic rings. The molecule has 1 atom stereocenters. The van der Waals surface area contributed by atoms with Crippen molar-refractivity contribution >= 4 is 6.03 Å². The summed E-state index contributed by atoms with van der Waals surface area (Å²) in [4.78, 5) is 18.4. The van der Waals surface area contributed by atoms with Crippen LogP contribution in [-0.4, -0.2) is 40.8 Å². The Morgan fingerprint density at radius 2 is 2.23 bits per heavy atom. The van der Waals surface area contributed by atoms with Crippen molar-refractivity contribution in [1.82, 2.24) is 20.4 Å². The average Bonchev–Trinajstić information content (AvgIpc) is 3.30. The number of hydrogen-bond acceptors (Lipinski definition) is 5. The molecule has 1 saturated heterocycles. The number of carbonyl (C=O) groups excluding carboxylic acids is 1. The summed E-state index contributed by atoms with van der Waals surface area (Å²) in [5.74, 6) is 1.28. The van der Waals surface area contributed by atoms with Gasteiger partial charge in [-0.15, -0.1) is 0 Å². The molecule has 0 bridgehead atoms. The predicted octanol–water partition coefficient (Wildman–Crippen LogP) is 3.09. The molecule has 1 aliphatic heterocycles. The Kier molecular flexibility index (Phi) is 6.04. The quantitative estimate of drug-likeness (QED) is 0.819. The summed E-state index contributed by atoms with van der Waals surface area (Å²) < 4.78 is 23.8. The molecule has 2 amide bonds. The molecule has 7 nitrogen and oxygen atoms in total. The van der Waals surface area contributed by atoms with Crippen molar-refractivity contribution < 1.29 is 18.4 Å². The fourth-order valence-electron chi connectivity index (χ4n) is 2.90. The number of amides is 2. The van der Waals surface area contributed by atoms with Crippen LogP contribution in [0, 0.1) is 5.82 Å². The fraction of sp³-hybridized carbons (Fsp3) is 0.500. The van der Waals surface area contributed by atoms with Gasteiger partial charge in [-0.2, -0.15) is 4.98 Å². The van der Waals surface area contributed by atoms with Crippen LogP contribution in [0.25, 0.3) is 0 Å². The molecular formula is C18H23FN4O3. The van der Waals surface area contributed by atoms with Gasteiger partial charge in [-0.1, -0.05) is 12.1 Å². The second-order valence-corrected chi connectivity index (χ2v) is 6.18. The molecule has 26 heavy (non-hydrogen) atoms. The Morgan fingerprint density at radius 1 is 1.42 bits per heavy atom. The zero-order chi connectivity index (χ0) is 18.4. The van der Waals surface area contributed by atoms with Crippen LogP contribution < -0.4 is 10.1 Å². The molecule has 8 heteroatoms. The summed E-state index contributed by atoms with van der Waals surface area (Å²) in [6.07, 6.45) is 3.08. The van der Waals surface area contributed by atoms with Crippen LogP contribution in [0.5, 0.6) is 5.75 Å². The molecule has 0 saturated carbocycles. The number of nitrogens with one attached hydrogen (secondary N) is 1. The number of hydrogen-bond donors (Lipinski definition) is 1. The molecule has 0 radical (unpaired) electrons. The lowest BCUT2D eigenvalue weighted by Gasteiger charge is -2.22. The van der Waals surface area contributed by atoms with E-state index in [1.165, 1.54) is 12.1 Å². The monoisotopic (exact) mass is 362 g/mol. The third-order valence-electron chi connectivity index (χ3n) is 4.22. The highest BCUT2D eigenvalue weighted by molar-refractivity contribution is 5.74. The third kappa shape index (κ3) is 4.50. The van der Waals surface area contributed by atoms with Gasteiger partial charge in [0.1, 0.15) is 17.6 Å². The molecule has 1 aromatic carbocycles. The molecule has 1 N–H and O–H groups in total. The normalized spacial score (nSPS) is 16.7. The zero-order valence-corrected chi connectivity index (χ0v) is 14.8. The molecule has 1 fully saturated rings. The van der Waals surface area contributed by atoms with E-state index in [1.54, 1.807) is 17.0 Å². The summed E-state index contributed by atoms with van der Waals surface area (Å²) in [6, 6.07) is 5.57. The van der Waals surface area contributed by atoms with Crippen LogP contribution in [0.3, 0.4) is 0 Å². The molecule has 3 rings (SSSR count). The van der Waals surface area contributed by atoms with Crippen LogP contribution >= 0.6 is 0 Å². The lowest BCUT2D eigenvalue weighted by molar-refractivity contribution is 0.180. The Bertz CT molecular complexity index is 719. The maximum atomic E-state index is 12.9. The van der Waals surface area contributed by atoms with Gasteiger partial charge in [-0.3, -0.25) is 0 Å². The van der Waals surface area contributed by atoms with Crippen LogP contribution in [0.4, 0.5) is 9.18 Å². The van der Waals surface area contributed by atoms with Crippen molar-refractivity contribution in [1.29, 1.82) is 0 Å². The van der Waals surface area contributed by atoms with Crippen molar-refractivity contribution in [3.63, 3.8) is 0 Å². The van der Waals surface area contributed by atoms with Gasteiger partial charge in [0.25, 0.3) is 0 Å². The highest BCUT2D eigenvalue weighted by Gasteiger charge is 2.33. The van der Waals surface area contributed by atoms with Crippen molar-refractivity contribution in [2.45, 2.75) is 38.6 Å². The van der Waals surface area contributed by atoms with E-state index < -0.39 is 0 Å². The minimum atomic E-state index is -0.302. The van der Waals surface area contributed by atoms with Crippen molar-refractivity contribution in [2.75, 3.05) is 19.7 Å². The molecule has 1 aromatic heterocycles. The van der Waals surface area contributed by atoms with Crippen LogP contribution in [0.1, 0.15) is 43.9 Å². The number of benzene rings is 1. The van der Waals surface area contributed by atoms with Crippen LogP contribution in [-0.2, 0) is 6.42 Å². The van der Waals surface area contributed by atoms with Gasteiger partial charge in [-0.05, 0) is 43.5 Å². The second kappa shape index (κ2) is 8.64. The van der Waals surface area contributed by atoms with Gasteiger partial charge < -0.3 is 19.5 Å². The molecule has 0 aliphatic carbocycles. The molecule has 1 unspecified atom stereocenters. The summed E-state index contributed by atoms with van der Waals surface area (Å²) in [5, 5.41) is 6.87. The maximum absolute atomic E-state index is 12.9. The number of halogens is 1. The largest absolute Gasteiger partial charge is 0.493 e. The smallest absolute Gasteiger partial charge is 0.318 e. The number of ether oxygens (including phenoxy) is 1. The van der Waals surface area contributed by atoms with Gasteiger partial charge in [0.05, 0.1) is 6.61 Å². The average molecular weight is 362 g/mol. The number of nitrogens with zero attached hydrogens (tertiary/aromatic N) is 3. The summed E-state index contributed by atoms with van der Waals surface area (Å²) in [5.41, 5.74) is 0. The lowest BCUT2D eigenvalue weighted by Crippen LogP contribution is -2.39. The number of urea groups is 1. The predicted molar refractivity (Wildman–Crippen MR) is 92.3 cm³/mol. The molecular weight excluding hydrogens is 339 g/mol. The van der Waals surface area contributed by atoms with E-state index in [2.05, 4.69) is 15.5 Å². The second-order valence-electron chi connectivity index (χ2n) is 6.18. The SMILES string of the molecule is CCCNC(=O)N1CCCC1c1nc(CCOc2ccc(F)cc2)no1.